The fourth-order valence-corrected chi connectivity index (χ4v) is 2.19. The molecule has 0 aliphatic heterocycles. The van der Waals surface area contributed by atoms with E-state index < -0.39 is 0 Å². The van der Waals surface area contributed by atoms with E-state index in [0.717, 1.165) is 28.1 Å². The number of rotatable bonds is 7. The smallest absolute Gasteiger partial charge is 0.123 e. The molecule has 0 unspecified atom stereocenters. The largest absolute Gasteiger partial charge is 0.497 e. The molecular weight excluding hydrogens is 320 g/mol. The predicted octanol–water partition coefficient (Wildman–Crippen LogP) is 4.05. The number of para-hydroxylation sites is 1. The molecule has 0 radical (unpaired) electrons. The second-order valence-electron chi connectivity index (χ2n) is 4.12. The average Bonchev–Trinajstić information content (AvgIpc) is 2.52. The van der Waals surface area contributed by atoms with Gasteiger partial charge in [0.2, 0.25) is 0 Å². The van der Waals surface area contributed by atoms with E-state index >= 15 is 0 Å². The first-order chi connectivity index (χ1) is 9.83. The molecule has 0 aliphatic carbocycles. The van der Waals surface area contributed by atoms with Crippen LogP contribution in [0, 0.1) is 0 Å². The van der Waals surface area contributed by atoms with Crippen LogP contribution in [0.4, 0.5) is 0 Å². The standard InChI is InChI=1S/C16H17BrO3/c1-18-15-7-8-16(13(11-15)12-17)20-10-9-19-14-5-3-2-4-6-14/h2-8,11H,9-10,12H2,1H3. The highest BCUT2D eigenvalue weighted by Crippen LogP contribution is 2.26. The van der Waals surface area contributed by atoms with E-state index in [4.69, 9.17) is 14.2 Å². The minimum atomic E-state index is 0.501. The van der Waals surface area contributed by atoms with Crippen molar-refractivity contribution in [2.45, 2.75) is 5.33 Å². The highest BCUT2D eigenvalue weighted by atomic mass is 79.9. The Hall–Kier alpha value is -1.68. The lowest BCUT2D eigenvalue weighted by molar-refractivity contribution is 0.216. The van der Waals surface area contributed by atoms with Gasteiger partial charge < -0.3 is 14.2 Å². The summed E-state index contributed by atoms with van der Waals surface area (Å²) in [5.41, 5.74) is 1.06. The molecule has 0 saturated carbocycles. The van der Waals surface area contributed by atoms with Gasteiger partial charge in [0.15, 0.2) is 0 Å². The molecule has 0 saturated heterocycles. The number of hydrogen-bond donors (Lipinski definition) is 0. The molecule has 0 atom stereocenters. The van der Waals surface area contributed by atoms with Gasteiger partial charge in [-0.3, -0.25) is 0 Å². The summed E-state index contributed by atoms with van der Waals surface area (Å²) in [6.45, 7) is 1.01. The molecule has 0 bridgehead atoms. The van der Waals surface area contributed by atoms with Gasteiger partial charge in [-0.1, -0.05) is 34.1 Å². The summed E-state index contributed by atoms with van der Waals surface area (Å²) in [4.78, 5) is 0. The Morgan fingerprint density at radius 1 is 0.900 bits per heavy atom. The molecule has 2 rings (SSSR count). The molecule has 0 aliphatic rings. The van der Waals surface area contributed by atoms with E-state index in [1.165, 1.54) is 0 Å². The van der Waals surface area contributed by atoms with Crippen molar-refractivity contribution in [2.75, 3.05) is 20.3 Å². The van der Waals surface area contributed by atoms with Gasteiger partial charge in [0.25, 0.3) is 0 Å². The van der Waals surface area contributed by atoms with E-state index in [0.29, 0.717) is 13.2 Å². The summed E-state index contributed by atoms with van der Waals surface area (Å²) in [7, 11) is 1.65. The fraction of sp³-hybridized carbons (Fsp3) is 0.250. The zero-order valence-electron chi connectivity index (χ0n) is 11.3. The lowest BCUT2D eigenvalue weighted by Gasteiger charge is -2.12. The minimum Gasteiger partial charge on any atom is -0.497 e. The van der Waals surface area contributed by atoms with Crippen molar-refractivity contribution in [3.8, 4) is 17.2 Å². The number of methoxy groups -OCH3 is 1. The van der Waals surface area contributed by atoms with Gasteiger partial charge >= 0.3 is 0 Å². The monoisotopic (exact) mass is 336 g/mol. The normalized spacial score (nSPS) is 10.1. The Kier molecular flexibility index (Phi) is 5.74. The van der Waals surface area contributed by atoms with Crippen molar-refractivity contribution >= 4 is 15.9 Å². The van der Waals surface area contributed by atoms with E-state index in [2.05, 4.69) is 15.9 Å². The van der Waals surface area contributed by atoms with Gasteiger partial charge in [0, 0.05) is 10.9 Å². The lowest BCUT2D eigenvalue weighted by Crippen LogP contribution is -2.09. The van der Waals surface area contributed by atoms with Gasteiger partial charge in [0.05, 0.1) is 7.11 Å². The SMILES string of the molecule is COc1ccc(OCCOc2ccccc2)c(CBr)c1. The van der Waals surface area contributed by atoms with Crippen LogP contribution in [-0.2, 0) is 5.33 Å². The van der Waals surface area contributed by atoms with Crippen LogP contribution >= 0.6 is 15.9 Å². The highest BCUT2D eigenvalue weighted by molar-refractivity contribution is 9.08. The summed E-state index contributed by atoms with van der Waals surface area (Å²) < 4.78 is 16.5. The van der Waals surface area contributed by atoms with Crippen LogP contribution in [0.2, 0.25) is 0 Å². The summed E-state index contributed by atoms with van der Waals surface area (Å²) in [6.07, 6.45) is 0. The number of ether oxygens (including phenoxy) is 3. The van der Waals surface area contributed by atoms with E-state index in [-0.39, 0.29) is 0 Å². The van der Waals surface area contributed by atoms with Crippen molar-refractivity contribution in [1.82, 2.24) is 0 Å². The van der Waals surface area contributed by atoms with Gasteiger partial charge in [-0.15, -0.1) is 0 Å². The van der Waals surface area contributed by atoms with Crippen LogP contribution in [0.3, 0.4) is 0 Å². The number of alkyl halides is 1. The number of benzene rings is 2. The molecule has 0 amide bonds. The van der Waals surface area contributed by atoms with Crippen molar-refractivity contribution in [2.24, 2.45) is 0 Å². The fourth-order valence-electron chi connectivity index (χ4n) is 1.76. The maximum absolute atomic E-state index is 5.74. The quantitative estimate of drug-likeness (QED) is 0.564. The highest BCUT2D eigenvalue weighted by Gasteiger charge is 2.04. The average molecular weight is 337 g/mol. The molecule has 4 heteroatoms. The first-order valence-corrected chi connectivity index (χ1v) is 7.49. The molecule has 106 valence electrons. The Morgan fingerprint density at radius 3 is 2.35 bits per heavy atom. The molecule has 2 aromatic carbocycles. The summed E-state index contributed by atoms with van der Waals surface area (Å²) in [6, 6.07) is 15.5. The molecule has 0 aromatic heterocycles. The lowest BCUT2D eigenvalue weighted by atomic mass is 10.2. The molecule has 0 heterocycles. The zero-order chi connectivity index (χ0) is 14.2. The first kappa shape index (κ1) is 14.7. The molecular formula is C16H17BrO3. The van der Waals surface area contributed by atoms with Gasteiger partial charge in [-0.05, 0) is 30.3 Å². The summed E-state index contributed by atoms with van der Waals surface area (Å²) >= 11 is 3.45. The third-order valence-corrected chi connectivity index (χ3v) is 3.37. The van der Waals surface area contributed by atoms with Gasteiger partial charge in [-0.25, -0.2) is 0 Å². The van der Waals surface area contributed by atoms with Gasteiger partial charge in [-0.2, -0.15) is 0 Å². The molecule has 20 heavy (non-hydrogen) atoms. The Labute approximate surface area is 127 Å². The molecule has 0 spiro atoms. The zero-order valence-corrected chi connectivity index (χ0v) is 12.9. The summed E-state index contributed by atoms with van der Waals surface area (Å²) in [5, 5.41) is 0.721. The Balaban J connectivity index is 1.85. The number of hydrogen-bond acceptors (Lipinski definition) is 3. The van der Waals surface area contributed by atoms with Crippen LogP contribution in [0.15, 0.2) is 48.5 Å². The van der Waals surface area contributed by atoms with E-state index in [1.54, 1.807) is 7.11 Å². The van der Waals surface area contributed by atoms with Crippen molar-refractivity contribution in [1.29, 1.82) is 0 Å². The predicted molar refractivity (Wildman–Crippen MR) is 83.1 cm³/mol. The second-order valence-corrected chi connectivity index (χ2v) is 4.68. The third kappa shape index (κ3) is 4.17. The number of halogens is 1. The first-order valence-electron chi connectivity index (χ1n) is 6.37. The molecule has 2 aromatic rings. The minimum absolute atomic E-state index is 0.501. The Morgan fingerprint density at radius 2 is 1.65 bits per heavy atom. The summed E-state index contributed by atoms with van der Waals surface area (Å²) in [5.74, 6) is 2.53. The Bertz CT molecular complexity index is 529. The van der Waals surface area contributed by atoms with Crippen molar-refractivity contribution in [3.05, 3.63) is 54.1 Å². The third-order valence-electron chi connectivity index (χ3n) is 2.76. The van der Waals surface area contributed by atoms with Crippen LogP contribution in [0.25, 0.3) is 0 Å². The molecule has 3 nitrogen and oxygen atoms in total. The van der Waals surface area contributed by atoms with E-state index in [9.17, 15) is 0 Å². The topological polar surface area (TPSA) is 27.7 Å². The van der Waals surface area contributed by atoms with Gasteiger partial charge in [0.1, 0.15) is 30.5 Å². The molecule has 0 N–H and O–H groups in total. The van der Waals surface area contributed by atoms with Crippen molar-refractivity contribution in [3.63, 3.8) is 0 Å². The van der Waals surface area contributed by atoms with E-state index in [1.807, 2.05) is 48.5 Å². The molecule has 0 fully saturated rings. The van der Waals surface area contributed by atoms with Crippen LogP contribution < -0.4 is 14.2 Å². The maximum Gasteiger partial charge on any atom is 0.123 e. The maximum atomic E-state index is 5.74. The second kappa shape index (κ2) is 7.80. The van der Waals surface area contributed by atoms with Crippen LogP contribution in [0.5, 0.6) is 17.2 Å². The van der Waals surface area contributed by atoms with Crippen molar-refractivity contribution < 1.29 is 14.2 Å². The van der Waals surface area contributed by atoms with Crippen LogP contribution in [0.1, 0.15) is 5.56 Å². The van der Waals surface area contributed by atoms with Crippen LogP contribution in [-0.4, -0.2) is 20.3 Å².